The number of carbonyl (C=O) groups excluding carboxylic acids is 1. The van der Waals surface area contributed by atoms with Crippen molar-refractivity contribution in [1.82, 2.24) is 5.32 Å². The summed E-state index contributed by atoms with van der Waals surface area (Å²) in [6.45, 7) is 1.11. The Bertz CT molecular complexity index is 423. The van der Waals surface area contributed by atoms with Crippen LogP contribution in [0.5, 0.6) is 0 Å². The number of cyclic esters (lactones) is 1. The number of alkyl halides is 2. The Hall–Kier alpha value is -1.36. The normalized spacial score (nSPS) is 21.5. The fourth-order valence-electron chi connectivity index (χ4n) is 1.78. The number of rotatable bonds is 2. The van der Waals surface area contributed by atoms with E-state index >= 15 is 0 Å². The maximum Gasteiger partial charge on any atom is 0.408 e. The van der Waals surface area contributed by atoms with Gasteiger partial charge >= 0.3 is 12.0 Å². The van der Waals surface area contributed by atoms with Crippen molar-refractivity contribution in [1.29, 1.82) is 0 Å². The molecule has 0 bridgehead atoms. The van der Waals surface area contributed by atoms with E-state index in [0.29, 0.717) is 5.56 Å². The summed E-state index contributed by atoms with van der Waals surface area (Å²) in [5, 5.41) is 2.15. The Morgan fingerprint density at radius 3 is 2.56 bits per heavy atom. The van der Waals surface area contributed by atoms with Crippen molar-refractivity contribution < 1.29 is 18.3 Å². The van der Waals surface area contributed by atoms with Gasteiger partial charge in [0.25, 0.3) is 0 Å². The summed E-state index contributed by atoms with van der Waals surface area (Å²) in [7, 11) is 0. The van der Waals surface area contributed by atoms with Crippen LogP contribution in [0, 0.1) is 0 Å². The first-order valence-corrected chi connectivity index (χ1v) is 5.43. The first-order valence-electron chi connectivity index (χ1n) is 5.43. The van der Waals surface area contributed by atoms with Gasteiger partial charge in [0.05, 0.1) is 0 Å². The van der Waals surface area contributed by atoms with Crippen LogP contribution in [-0.4, -0.2) is 18.6 Å². The minimum Gasteiger partial charge on any atom is -0.443 e. The Morgan fingerprint density at radius 2 is 2.00 bits per heavy atom. The van der Waals surface area contributed by atoms with Crippen molar-refractivity contribution in [3.8, 4) is 0 Å². The lowest BCUT2D eigenvalue weighted by molar-refractivity contribution is -0.104. The number of amides is 1. The average Bonchev–Trinajstić information content (AvgIpc) is 2.33. The molecule has 6 heteroatoms. The summed E-state index contributed by atoms with van der Waals surface area (Å²) in [6, 6.07) is 5.49. The van der Waals surface area contributed by atoms with Gasteiger partial charge in [-0.2, -0.15) is 0 Å². The van der Waals surface area contributed by atoms with E-state index in [9.17, 15) is 13.6 Å². The van der Waals surface area contributed by atoms with Crippen LogP contribution in [-0.2, 0) is 11.2 Å². The third-order valence-corrected chi connectivity index (χ3v) is 2.80. The van der Waals surface area contributed by atoms with Crippen molar-refractivity contribution in [2.45, 2.75) is 25.3 Å². The van der Waals surface area contributed by atoms with E-state index in [1.807, 2.05) is 6.92 Å². The molecule has 0 saturated carbocycles. The molecule has 1 amide bonds. The molecule has 1 aliphatic rings. The Labute approximate surface area is 110 Å². The number of alkyl carbamates (subject to hydrolysis) is 1. The first kappa shape index (κ1) is 14.7. The lowest BCUT2D eigenvalue weighted by atomic mass is 9.98. The zero-order chi connectivity index (χ0) is 12.5. The molecule has 0 radical (unpaired) electrons. The van der Waals surface area contributed by atoms with Crippen LogP contribution in [0.25, 0.3) is 0 Å². The molecular formula is C12H14ClF2NO2. The zero-order valence-electron chi connectivity index (χ0n) is 9.78. The summed E-state index contributed by atoms with van der Waals surface area (Å²) in [6.07, 6.45) is 0.0390. The van der Waals surface area contributed by atoms with Crippen molar-refractivity contribution in [2.24, 2.45) is 0 Å². The highest BCUT2D eigenvalue weighted by molar-refractivity contribution is 5.85. The number of nitrogens with one attached hydrogen (secondary N) is 1. The third-order valence-electron chi connectivity index (χ3n) is 2.80. The van der Waals surface area contributed by atoms with Gasteiger partial charge in [-0.05, 0) is 17.5 Å². The Balaban J connectivity index is 0.00000162. The molecule has 18 heavy (non-hydrogen) atoms. The second-order valence-electron chi connectivity index (χ2n) is 4.01. The van der Waals surface area contributed by atoms with Crippen LogP contribution in [0.4, 0.5) is 13.6 Å². The van der Waals surface area contributed by atoms with E-state index in [1.54, 1.807) is 24.3 Å². The van der Waals surface area contributed by atoms with E-state index in [1.165, 1.54) is 0 Å². The number of ether oxygens (including phenoxy) is 1. The van der Waals surface area contributed by atoms with Crippen LogP contribution in [0.15, 0.2) is 24.3 Å². The molecule has 3 nitrogen and oxygen atoms in total. The quantitative estimate of drug-likeness (QED) is 0.902. The van der Waals surface area contributed by atoms with Crippen molar-refractivity contribution in [3.63, 3.8) is 0 Å². The third kappa shape index (κ3) is 2.90. The van der Waals surface area contributed by atoms with E-state index in [-0.39, 0.29) is 12.4 Å². The monoisotopic (exact) mass is 277 g/mol. The van der Waals surface area contributed by atoms with Gasteiger partial charge in [-0.1, -0.05) is 31.2 Å². The first-order chi connectivity index (χ1) is 8.03. The summed E-state index contributed by atoms with van der Waals surface area (Å²) in [4.78, 5) is 11.0. The van der Waals surface area contributed by atoms with Crippen molar-refractivity contribution >= 4 is 18.5 Å². The van der Waals surface area contributed by atoms with E-state index in [0.717, 1.165) is 12.0 Å². The molecule has 1 saturated heterocycles. The molecule has 1 heterocycles. The van der Waals surface area contributed by atoms with Gasteiger partial charge in [0.2, 0.25) is 0 Å². The van der Waals surface area contributed by atoms with Crippen LogP contribution >= 0.6 is 12.4 Å². The summed E-state index contributed by atoms with van der Waals surface area (Å²) >= 11 is 0. The zero-order valence-corrected chi connectivity index (χ0v) is 10.6. The molecule has 0 unspecified atom stereocenters. The molecule has 1 aromatic rings. The number of hydrogen-bond acceptors (Lipinski definition) is 2. The maximum absolute atomic E-state index is 13.6. The molecule has 2 rings (SSSR count). The van der Waals surface area contributed by atoms with E-state index in [2.05, 4.69) is 10.1 Å². The largest absolute Gasteiger partial charge is 0.443 e. The molecule has 0 aliphatic carbocycles. The minimum atomic E-state index is -3.08. The lowest BCUT2D eigenvalue weighted by Crippen LogP contribution is -2.49. The SMILES string of the molecule is CCc1ccc([C@H]2NC(=O)OCC2(F)F)cc1.Cl. The fourth-order valence-corrected chi connectivity index (χ4v) is 1.78. The molecule has 100 valence electrons. The predicted octanol–water partition coefficient (Wildman–Crippen LogP) is 3.09. The van der Waals surface area contributed by atoms with Crippen molar-refractivity contribution in [2.75, 3.05) is 6.61 Å². The van der Waals surface area contributed by atoms with Gasteiger partial charge in [-0.3, -0.25) is 0 Å². The van der Waals surface area contributed by atoms with E-state index in [4.69, 9.17) is 0 Å². The second-order valence-corrected chi connectivity index (χ2v) is 4.01. The summed E-state index contributed by atoms with van der Waals surface area (Å²) in [5.41, 5.74) is 1.46. The number of halogens is 3. The van der Waals surface area contributed by atoms with Gasteiger partial charge < -0.3 is 10.1 Å². The number of aryl methyl sites for hydroxylation is 1. The molecular weight excluding hydrogens is 264 g/mol. The van der Waals surface area contributed by atoms with Crippen LogP contribution in [0.2, 0.25) is 0 Å². The summed E-state index contributed by atoms with van der Waals surface area (Å²) < 4.78 is 31.4. The molecule has 1 N–H and O–H groups in total. The van der Waals surface area contributed by atoms with Gasteiger partial charge in [-0.25, -0.2) is 13.6 Å². The Kier molecular flexibility index (Phi) is 4.51. The van der Waals surface area contributed by atoms with Crippen LogP contribution in [0.3, 0.4) is 0 Å². The van der Waals surface area contributed by atoms with Crippen LogP contribution in [0.1, 0.15) is 24.1 Å². The predicted molar refractivity (Wildman–Crippen MR) is 65.2 cm³/mol. The number of benzene rings is 1. The average molecular weight is 278 g/mol. The number of hydrogen-bond donors (Lipinski definition) is 1. The fraction of sp³-hybridized carbons (Fsp3) is 0.417. The van der Waals surface area contributed by atoms with Gasteiger partial charge in [0.15, 0.2) is 6.61 Å². The van der Waals surface area contributed by atoms with Gasteiger partial charge in [0, 0.05) is 0 Å². The van der Waals surface area contributed by atoms with Crippen molar-refractivity contribution in [3.05, 3.63) is 35.4 Å². The smallest absolute Gasteiger partial charge is 0.408 e. The molecule has 0 aromatic heterocycles. The highest BCUT2D eigenvalue weighted by atomic mass is 35.5. The Morgan fingerprint density at radius 1 is 1.39 bits per heavy atom. The highest BCUT2D eigenvalue weighted by Gasteiger charge is 2.46. The standard InChI is InChI=1S/C12H13F2NO2.ClH/c1-2-8-3-5-9(6-4-8)10-12(13,14)7-17-11(16)15-10;/h3-6,10H,2,7H2,1H3,(H,15,16);1H/t10-;/m1./s1. The molecule has 1 aliphatic heterocycles. The maximum atomic E-state index is 13.6. The molecule has 1 atom stereocenters. The van der Waals surface area contributed by atoms with Gasteiger partial charge in [0.1, 0.15) is 6.04 Å². The minimum absolute atomic E-state index is 0. The van der Waals surface area contributed by atoms with Gasteiger partial charge in [-0.15, -0.1) is 12.4 Å². The lowest BCUT2D eigenvalue weighted by Gasteiger charge is -2.31. The topological polar surface area (TPSA) is 38.3 Å². The van der Waals surface area contributed by atoms with Crippen LogP contribution < -0.4 is 5.32 Å². The van der Waals surface area contributed by atoms with E-state index < -0.39 is 24.7 Å². The molecule has 1 aromatic carbocycles. The molecule has 0 spiro atoms. The molecule has 1 fully saturated rings. The number of carbonyl (C=O) groups is 1. The second kappa shape index (κ2) is 5.52. The highest BCUT2D eigenvalue weighted by Crippen LogP contribution is 2.34. The summed E-state index contributed by atoms with van der Waals surface area (Å²) in [5.74, 6) is -3.08.